The third-order valence-corrected chi connectivity index (χ3v) is 14.1. The molecule has 2 fully saturated rings. The Morgan fingerprint density at radius 3 is 1.25 bits per heavy atom. The summed E-state index contributed by atoms with van der Waals surface area (Å²) in [6.45, 7) is 4.63. The first-order valence-corrected chi connectivity index (χ1v) is 26.5. The van der Waals surface area contributed by atoms with Crippen LogP contribution in [0.2, 0.25) is 0 Å². The molecule has 0 aliphatic carbocycles. The second kappa shape index (κ2) is 26.4. The average molecular weight is 1100 g/mol. The van der Waals surface area contributed by atoms with Gasteiger partial charge in [-0.2, -0.15) is 0 Å². The van der Waals surface area contributed by atoms with E-state index in [0.717, 1.165) is 45.2 Å². The van der Waals surface area contributed by atoms with Crippen LogP contribution in [0.4, 0.5) is 9.59 Å². The maximum absolute atomic E-state index is 13.3. The van der Waals surface area contributed by atoms with Crippen molar-refractivity contribution in [2.45, 2.75) is 76.5 Å². The summed E-state index contributed by atoms with van der Waals surface area (Å²) >= 11 is 0. The number of ether oxygens (including phenoxy) is 7. The molecule has 2 aliphatic rings. The van der Waals surface area contributed by atoms with E-state index in [1.54, 1.807) is 62.8 Å². The van der Waals surface area contributed by atoms with Gasteiger partial charge in [0.15, 0.2) is 0 Å². The van der Waals surface area contributed by atoms with Gasteiger partial charge < -0.3 is 47.1 Å². The van der Waals surface area contributed by atoms with Crippen LogP contribution in [0.1, 0.15) is 71.8 Å². The van der Waals surface area contributed by atoms with Crippen molar-refractivity contribution in [2.75, 3.05) is 34.5 Å². The molecule has 2 amide bonds. The number of aromatic nitrogens is 2. The van der Waals surface area contributed by atoms with E-state index >= 15 is 0 Å². The van der Waals surface area contributed by atoms with Crippen molar-refractivity contribution in [3.05, 3.63) is 192 Å². The number of nitrogens with zero attached hydrogens (tertiary/aromatic N) is 4. The molecule has 81 heavy (non-hydrogen) atoms. The molecule has 4 heterocycles. The third kappa shape index (κ3) is 13.8. The predicted molar refractivity (Wildman–Crippen MR) is 298 cm³/mol. The van der Waals surface area contributed by atoms with Crippen LogP contribution in [0.15, 0.2) is 167 Å². The molecular weight excluding hydrogens is 1040 g/mol. The van der Waals surface area contributed by atoms with Crippen LogP contribution in [0.5, 0.6) is 34.5 Å². The van der Waals surface area contributed by atoms with Gasteiger partial charge in [0, 0.05) is 24.0 Å². The lowest BCUT2D eigenvalue weighted by Gasteiger charge is -2.28. The second-order valence-electron chi connectivity index (χ2n) is 19.1. The van der Waals surface area contributed by atoms with E-state index in [1.807, 2.05) is 123 Å². The van der Waals surface area contributed by atoms with Gasteiger partial charge in [0.05, 0.1) is 58.0 Å². The molecule has 0 saturated carbocycles. The van der Waals surface area contributed by atoms with Gasteiger partial charge in [-0.3, -0.25) is 9.80 Å². The van der Waals surface area contributed by atoms with Gasteiger partial charge in [-0.15, -0.1) is 0 Å². The Bertz CT molecular complexity index is 3370. The van der Waals surface area contributed by atoms with E-state index in [9.17, 15) is 24.3 Å². The Morgan fingerprint density at radius 1 is 0.494 bits per heavy atom. The largest absolute Gasteiger partial charge is 0.497 e. The molecule has 18 nitrogen and oxygen atoms in total. The van der Waals surface area contributed by atoms with E-state index in [1.165, 1.54) is 16.9 Å². The Balaban J connectivity index is 0.000000196. The number of esters is 1. The van der Waals surface area contributed by atoms with Crippen LogP contribution in [0.3, 0.4) is 0 Å². The molecule has 0 unspecified atom stereocenters. The Labute approximate surface area is 468 Å². The summed E-state index contributed by atoms with van der Waals surface area (Å²) in [4.78, 5) is 62.8. The molecule has 4 atom stereocenters. The number of likely N-dealkylation sites (tertiary alicyclic amines) is 2. The minimum atomic E-state index is -1.06. The smallest absolute Gasteiger partial charge is 0.416 e. The van der Waals surface area contributed by atoms with Gasteiger partial charge in [-0.05, 0) is 148 Å². The first-order valence-electron chi connectivity index (χ1n) is 26.5. The molecule has 2 aliphatic heterocycles. The average Bonchev–Trinajstić information content (AvgIpc) is 4.53. The number of carbonyl (C=O) groups excluding carboxylic acids is 3. The summed E-state index contributed by atoms with van der Waals surface area (Å²) in [7, 11) is 4.42. The van der Waals surface area contributed by atoms with E-state index in [2.05, 4.69) is 9.97 Å². The summed E-state index contributed by atoms with van der Waals surface area (Å²) in [5.41, 5.74) is 5.23. The standard InChI is InChI=1S/C32H32N2O7.C31H30N2O7/c1-21-27(33-30(40-21)23-7-5-4-6-8-23)19-20-39-25-11-9-22(10-12-25)28-17-18-29(31(35)38-3)34(28)32(36)41-26-15-13-24(37-2)14-16-26;1-20-26(32-29(39-20)22-6-4-3-5-7-22)18-19-38-24-10-8-21(9-11-24)27-16-17-28(30(34)35)33(27)31(36)40-25-14-12-23(37-2)13-15-25/h4-16,28-29H,17-20H2,1-3H3;3-15,27-28H,16-19H2,1-2H3,(H,34,35)/t28-,29-;27-,28-/m00/s1. The first-order chi connectivity index (χ1) is 39.4. The lowest BCUT2D eigenvalue weighted by Crippen LogP contribution is -2.43. The van der Waals surface area contributed by atoms with Crippen LogP contribution in [0.25, 0.3) is 22.9 Å². The van der Waals surface area contributed by atoms with Crippen LogP contribution in [0, 0.1) is 13.8 Å². The van der Waals surface area contributed by atoms with Gasteiger partial charge in [-0.25, -0.2) is 29.1 Å². The highest BCUT2D eigenvalue weighted by molar-refractivity contribution is 5.84. The quantitative estimate of drug-likeness (QED) is 0.0792. The highest BCUT2D eigenvalue weighted by atomic mass is 16.6. The number of aliphatic carboxylic acids is 1. The first kappa shape index (κ1) is 56.2. The van der Waals surface area contributed by atoms with Gasteiger partial charge in [-0.1, -0.05) is 60.7 Å². The highest BCUT2D eigenvalue weighted by Gasteiger charge is 2.44. The van der Waals surface area contributed by atoms with Crippen LogP contribution in [-0.4, -0.2) is 95.6 Å². The fourth-order valence-electron chi connectivity index (χ4n) is 9.82. The number of aryl methyl sites for hydroxylation is 2. The van der Waals surface area contributed by atoms with Crippen LogP contribution >= 0.6 is 0 Å². The maximum Gasteiger partial charge on any atom is 0.416 e. The maximum atomic E-state index is 13.3. The molecule has 6 aromatic carbocycles. The van der Waals surface area contributed by atoms with E-state index < -0.39 is 42.3 Å². The number of hydrogen-bond donors (Lipinski definition) is 1. The predicted octanol–water partition coefficient (Wildman–Crippen LogP) is 12.2. The molecule has 18 heteroatoms. The Kier molecular flexibility index (Phi) is 18.3. The molecule has 418 valence electrons. The molecule has 0 spiro atoms. The number of carbonyl (C=O) groups is 4. The number of carboxylic acid groups (broad SMARTS) is 1. The summed E-state index contributed by atoms with van der Waals surface area (Å²) in [5, 5.41) is 9.75. The number of amides is 2. The molecular formula is C63H62N4O14. The minimum absolute atomic E-state index is 0.308. The van der Waals surface area contributed by atoms with Gasteiger partial charge in [0.25, 0.3) is 0 Å². The summed E-state index contributed by atoms with van der Waals surface area (Å²) in [6, 6.07) is 45.1. The number of benzene rings is 6. The Morgan fingerprint density at radius 2 is 0.864 bits per heavy atom. The van der Waals surface area contributed by atoms with Crippen molar-refractivity contribution >= 4 is 24.1 Å². The zero-order valence-electron chi connectivity index (χ0n) is 45.5. The van der Waals surface area contributed by atoms with Crippen molar-refractivity contribution in [1.29, 1.82) is 0 Å². The highest BCUT2D eigenvalue weighted by Crippen LogP contribution is 2.40. The molecule has 2 saturated heterocycles. The van der Waals surface area contributed by atoms with Crippen molar-refractivity contribution in [3.8, 4) is 57.4 Å². The Hall–Kier alpha value is -9.58. The van der Waals surface area contributed by atoms with Gasteiger partial charge in [0.2, 0.25) is 11.8 Å². The number of hydrogen-bond acceptors (Lipinski definition) is 15. The lowest BCUT2D eigenvalue weighted by molar-refractivity contribution is -0.145. The fraction of sp³-hybridized carbons (Fsp3) is 0.270. The molecule has 8 aromatic rings. The SMILES string of the molecule is COC(=O)[C@@H]1CC[C@@H](c2ccc(OCCc3nc(-c4ccccc4)oc3C)cc2)N1C(=O)Oc1ccc(OC)cc1.COc1ccc(OC(=O)N2[C@H](C(=O)O)CC[C@H]2c2ccc(OCCc3nc(-c4ccccc4)oc3C)cc2)cc1. The fourth-order valence-corrected chi connectivity index (χ4v) is 9.82. The number of methoxy groups -OCH3 is 3. The third-order valence-electron chi connectivity index (χ3n) is 14.1. The molecule has 10 rings (SSSR count). The molecule has 2 aromatic heterocycles. The summed E-state index contributed by atoms with van der Waals surface area (Å²) in [6.07, 6.45) is 1.74. The van der Waals surface area contributed by atoms with Gasteiger partial charge >= 0.3 is 24.1 Å². The van der Waals surface area contributed by atoms with Crippen molar-refractivity contribution in [3.63, 3.8) is 0 Å². The van der Waals surface area contributed by atoms with E-state index in [4.69, 9.17) is 42.0 Å². The number of carboxylic acids is 1. The zero-order valence-corrected chi connectivity index (χ0v) is 45.5. The normalized spacial score (nSPS) is 16.4. The lowest BCUT2D eigenvalue weighted by atomic mass is 10.0. The van der Waals surface area contributed by atoms with Crippen molar-refractivity contribution < 1.29 is 66.3 Å². The molecule has 0 radical (unpaired) electrons. The topological polar surface area (TPSA) is 212 Å². The zero-order chi connectivity index (χ0) is 56.8. The number of rotatable bonds is 18. The number of oxazole rings is 2. The van der Waals surface area contributed by atoms with Gasteiger partial charge in [0.1, 0.15) is 58.1 Å². The van der Waals surface area contributed by atoms with Crippen LogP contribution in [-0.2, 0) is 27.2 Å². The van der Waals surface area contributed by atoms with E-state index in [-0.39, 0.29) is 6.04 Å². The second-order valence-corrected chi connectivity index (χ2v) is 19.1. The molecule has 1 N–H and O–H groups in total. The summed E-state index contributed by atoms with van der Waals surface area (Å²) < 4.78 is 50.0. The van der Waals surface area contributed by atoms with E-state index in [0.29, 0.717) is 98.0 Å². The van der Waals surface area contributed by atoms with Crippen molar-refractivity contribution in [1.82, 2.24) is 19.8 Å². The molecule has 0 bridgehead atoms. The monoisotopic (exact) mass is 1100 g/mol. The summed E-state index contributed by atoms with van der Waals surface area (Å²) in [5.74, 6) is 4.45. The minimum Gasteiger partial charge on any atom is -0.497 e. The van der Waals surface area contributed by atoms with Crippen molar-refractivity contribution in [2.24, 2.45) is 0 Å². The van der Waals surface area contributed by atoms with Crippen LogP contribution < -0.4 is 28.4 Å².